The summed E-state index contributed by atoms with van der Waals surface area (Å²) in [6.07, 6.45) is 0.615. The second-order valence-electron chi connectivity index (χ2n) is 3.85. The number of aromatic nitrogens is 2. The third-order valence-corrected chi connectivity index (χ3v) is 3.15. The fraction of sp³-hybridized carbons (Fsp3) is 0.250. The molecule has 2 nitrogen and oxygen atoms in total. The number of halogens is 4. The van der Waals surface area contributed by atoms with Gasteiger partial charge in [-0.3, -0.25) is 0 Å². The summed E-state index contributed by atoms with van der Waals surface area (Å²) in [6.45, 7) is 3.61. The minimum atomic E-state index is -1.24. The van der Waals surface area contributed by atoms with Crippen molar-refractivity contribution in [1.29, 1.82) is 0 Å². The van der Waals surface area contributed by atoms with Crippen LogP contribution in [-0.4, -0.2) is 9.78 Å². The molecule has 0 radical (unpaired) electrons. The zero-order chi connectivity index (χ0) is 13.4. The summed E-state index contributed by atoms with van der Waals surface area (Å²) in [5.41, 5.74) is 1.18. The van der Waals surface area contributed by atoms with Gasteiger partial charge in [-0.15, -0.1) is 0 Å². The van der Waals surface area contributed by atoms with Gasteiger partial charge in [0.1, 0.15) is 10.8 Å². The highest BCUT2D eigenvalue weighted by Gasteiger charge is 2.17. The van der Waals surface area contributed by atoms with Crippen molar-refractivity contribution in [1.82, 2.24) is 9.78 Å². The number of hydrogen-bond acceptors (Lipinski definition) is 1. The normalized spacial score (nSPS) is 11.0. The number of aryl methyl sites for hydroxylation is 1. The van der Waals surface area contributed by atoms with E-state index in [1.807, 2.05) is 6.92 Å². The van der Waals surface area contributed by atoms with E-state index in [9.17, 15) is 13.2 Å². The average molecular weight is 275 g/mol. The van der Waals surface area contributed by atoms with E-state index in [0.717, 1.165) is 10.7 Å². The first kappa shape index (κ1) is 13.0. The van der Waals surface area contributed by atoms with Crippen LogP contribution < -0.4 is 0 Å². The van der Waals surface area contributed by atoms with Gasteiger partial charge in [0.2, 0.25) is 0 Å². The van der Waals surface area contributed by atoms with Gasteiger partial charge in [0.05, 0.1) is 5.69 Å². The van der Waals surface area contributed by atoms with Crippen LogP contribution in [0, 0.1) is 24.4 Å². The molecule has 0 aliphatic heterocycles. The Morgan fingerprint density at radius 1 is 1.17 bits per heavy atom. The largest absolute Gasteiger partial charge is 0.219 e. The molecule has 2 aromatic rings. The Hall–Kier alpha value is -1.49. The van der Waals surface area contributed by atoms with Crippen molar-refractivity contribution in [2.75, 3.05) is 0 Å². The van der Waals surface area contributed by atoms with E-state index in [2.05, 4.69) is 5.10 Å². The molecule has 0 amide bonds. The zero-order valence-corrected chi connectivity index (χ0v) is 10.5. The lowest BCUT2D eigenvalue weighted by Crippen LogP contribution is -2.03. The Labute approximate surface area is 107 Å². The van der Waals surface area contributed by atoms with E-state index in [1.54, 1.807) is 6.92 Å². The summed E-state index contributed by atoms with van der Waals surface area (Å²) >= 11 is 6.01. The minimum absolute atomic E-state index is 0.191. The monoisotopic (exact) mass is 274 g/mol. The molecule has 0 saturated heterocycles. The van der Waals surface area contributed by atoms with Crippen LogP contribution in [0.4, 0.5) is 13.2 Å². The summed E-state index contributed by atoms with van der Waals surface area (Å²) < 4.78 is 40.7. The van der Waals surface area contributed by atoms with E-state index in [4.69, 9.17) is 11.6 Å². The standard InChI is InChI=1S/C12H10ClF3N2/c1-3-10-6(2)12(13)18(17-10)11-5-8(15)7(14)4-9(11)16/h4-5H,3H2,1-2H3. The third-order valence-electron chi connectivity index (χ3n) is 2.70. The average Bonchev–Trinajstić information content (AvgIpc) is 2.61. The van der Waals surface area contributed by atoms with Gasteiger partial charge in [-0.2, -0.15) is 5.10 Å². The first-order valence-electron chi connectivity index (χ1n) is 5.34. The van der Waals surface area contributed by atoms with Gasteiger partial charge in [0, 0.05) is 17.7 Å². The maximum absolute atomic E-state index is 13.6. The lowest BCUT2D eigenvalue weighted by Gasteiger charge is -2.05. The molecule has 1 heterocycles. The molecular weight excluding hydrogens is 265 g/mol. The fourth-order valence-electron chi connectivity index (χ4n) is 1.69. The van der Waals surface area contributed by atoms with Crippen LogP contribution in [0.5, 0.6) is 0 Å². The lowest BCUT2D eigenvalue weighted by atomic mass is 10.2. The summed E-state index contributed by atoms with van der Waals surface area (Å²) in [7, 11) is 0. The highest BCUT2D eigenvalue weighted by molar-refractivity contribution is 6.30. The smallest absolute Gasteiger partial charge is 0.161 e. The first-order valence-corrected chi connectivity index (χ1v) is 5.72. The fourth-order valence-corrected chi connectivity index (χ4v) is 1.93. The number of nitrogens with zero attached hydrogens (tertiary/aromatic N) is 2. The van der Waals surface area contributed by atoms with Crippen molar-refractivity contribution in [2.45, 2.75) is 20.3 Å². The Bertz CT molecular complexity index is 608. The van der Waals surface area contributed by atoms with E-state index in [1.165, 1.54) is 0 Å². The van der Waals surface area contributed by atoms with Gasteiger partial charge in [-0.25, -0.2) is 17.9 Å². The minimum Gasteiger partial charge on any atom is -0.219 e. The van der Waals surface area contributed by atoms with Crippen LogP contribution in [0.3, 0.4) is 0 Å². The molecular formula is C12H10ClF3N2. The van der Waals surface area contributed by atoms with Gasteiger partial charge in [0.25, 0.3) is 0 Å². The summed E-state index contributed by atoms with van der Waals surface area (Å²) in [6, 6.07) is 1.21. The molecule has 18 heavy (non-hydrogen) atoms. The Kier molecular flexibility index (Phi) is 3.34. The molecule has 0 aliphatic rings. The summed E-state index contributed by atoms with van der Waals surface area (Å²) in [5, 5.41) is 4.28. The van der Waals surface area contributed by atoms with E-state index >= 15 is 0 Å². The lowest BCUT2D eigenvalue weighted by molar-refractivity contribution is 0.491. The van der Waals surface area contributed by atoms with Crippen LogP contribution in [0.1, 0.15) is 18.2 Å². The summed E-state index contributed by atoms with van der Waals surface area (Å²) in [5.74, 6) is -3.30. The van der Waals surface area contributed by atoms with Crippen molar-refractivity contribution in [3.05, 3.63) is 46.0 Å². The van der Waals surface area contributed by atoms with Gasteiger partial charge in [-0.05, 0) is 13.3 Å². The van der Waals surface area contributed by atoms with Crippen molar-refractivity contribution in [3.8, 4) is 5.69 Å². The maximum Gasteiger partial charge on any atom is 0.161 e. The topological polar surface area (TPSA) is 17.8 Å². The SMILES string of the molecule is CCc1nn(-c2cc(F)c(F)cc2F)c(Cl)c1C. The molecule has 6 heteroatoms. The van der Waals surface area contributed by atoms with Crippen molar-refractivity contribution in [2.24, 2.45) is 0 Å². The van der Waals surface area contributed by atoms with Crippen molar-refractivity contribution in [3.63, 3.8) is 0 Å². The molecule has 0 spiro atoms. The molecule has 0 atom stereocenters. The molecule has 0 unspecified atom stereocenters. The highest BCUT2D eigenvalue weighted by Crippen LogP contribution is 2.26. The quantitative estimate of drug-likeness (QED) is 0.762. The van der Waals surface area contributed by atoms with Crippen LogP contribution in [0.15, 0.2) is 12.1 Å². The second-order valence-corrected chi connectivity index (χ2v) is 4.20. The van der Waals surface area contributed by atoms with Crippen molar-refractivity contribution >= 4 is 11.6 Å². The second kappa shape index (κ2) is 4.65. The predicted molar refractivity (Wildman–Crippen MR) is 62.6 cm³/mol. The van der Waals surface area contributed by atoms with Crippen LogP contribution in [0.25, 0.3) is 5.69 Å². The Morgan fingerprint density at radius 3 is 2.33 bits per heavy atom. The van der Waals surface area contributed by atoms with Gasteiger partial charge < -0.3 is 0 Å². The molecule has 0 aliphatic carbocycles. The zero-order valence-electron chi connectivity index (χ0n) is 9.77. The molecule has 0 N–H and O–H groups in total. The molecule has 1 aromatic heterocycles. The van der Waals surface area contributed by atoms with Gasteiger partial charge >= 0.3 is 0 Å². The van der Waals surface area contributed by atoms with Crippen LogP contribution in [0.2, 0.25) is 5.15 Å². The number of benzene rings is 1. The van der Waals surface area contributed by atoms with E-state index < -0.39 is 17.5 Å². The predicted octanol–water partition coefficient (Wildman–Crippen LogP) is 3.81. The molecule has 0 bridgehead atoms. The van der Waals surface area contributed by atoms with Gasteiger partial charge in [0.15, 0.2) is 17.5 Å². The number of hydrogen-bond donors (Lipinski definition) is 0. The van der Waals surface area contributed by atoms with Crippen LogP contribution >= 0.6 is 11.6 Å². The Morgan fingerprint density at radius 2 is 1.78 bits per heavy atom. The maximum atomic E-state index is 13.6. The Balaban J connectivity index is 2.66. The molecule has 0 saturated carbocycles. The highest BCUT2D eigenvalue weighted by atomic mass is 35.5. The van der Waals surface area contributed by atoms with Gasteiger partial charge in [-0.1, -0.05) is 18.5 Å². The van der Waals surface area contributed by atoms with Crippen LogP contribution in [-0.2, 0) is 6.42 Å². The third kappa shape index (κ3) is 1.99. The summed E-state index contributed by atoms with van der Waals surface area (Å²) in [4.78, 5) is 0. The molecule has 2 rings (SSSR count). The first-order chi connectivity index (χ1) is 8.45. The molecule has 1 aromatic carbocycles. The number of rotatable bonds is 2. The molecule has 0 fully saturated rings. The van der Waals surface area contributed by atoms with E-state index in [0.29, 0.717) is 23.7 Å². The van der Waals surface area contributed by atoms with E-state index in [-0.39, 0.29) is 10.8 Å². The molecule has 96 valence electrons. The van der Waals surface area contributed by atoms with Crippen molar-refractivity contribution < 1.29 is 13.2 Å².